The van der Waals surface area contributed by atoms with Crippen LogP contribution in [0.2, 0.25) is 5.02 Å². The Morgan fingerprint density at radius 1 is 1.47 bits per heavy atom. The second-order valence-corrected chi connectivity index (χ2v) is 5.09. The smallest absolute Gasteiger partial charge is 0.209 e. The molecule has 5 nitrogen and oxygen atoms in total. The average Bonchev–Trinajstić information content (AvgIpc) is 2.83. The molecule has 0 radical (unpaired) electrons. The van der Waals surface area contributed by atoms with Crippen LogP contribution in [-0.2, 0) is 6.54 Å². The maximum Gasteiger partial charge on any atom is 0.209 e. The van der Waals surface area contributed by atoms with E-state index >= 15 is 0 Å². The molecular weight excluding hydrogens is 284 g/mol. The van der Waals surface area contributed by atoms with Crippen LogP contribution in [-0.4, -0.2) is 32.6 Å². The Balaban J connectivity index is 1.77. The molecular formula is C12H13ClN4OS. The molecule has 19 heavy (non-hydrogen) atoms. The van der Waals surface area contributed by atoms with E-state index in [0.29, 0.717) is 18.2 Å². The predicted octanol–water partition coefficient (Wildman–Crippen LogP) is 2.68. The SMILES string of the molecule is C=CCn1nnnc1SCCOc1cccc(Cl)c1. The van der Waals surface area contributed by atoms with Crippen molar-refractivity contribution in [2.45, 2.75) is 11.7 Å². The maximum atomic E-state index is 5.87. The summed E-state index contributed by atoms with van der Waals surface area (Å²) >= 11 is 7.41. The Morgan fingerprint density at radius 2 is 2.37 bits per heavy atom. The number of hydrogen-bond donors (Lipinski definition) is 0. The van der Waals surface area contributed by atoms with Crippen LogP contribution in [0.4, 0.5) is 0 Å². The topological polar surface area (TPSA) is 52.8 Å². The summed E-state index contributed by atoms with van der Waals surface area (Å²) in [5, 5.41) is 12.8. The third-order valence-electron chi connectivity index (χ3n) is 2.18. The number of aromatic nitrogens is 4. The molecule has 7 heteroatoms. The molecule has 0 bridgehead atoms. The maximum absolute atomic E-state index is 5.87. The van der Waals surface area contributed by atoms with Crippen LogP contribution in [0.5, 0.6) is 5.75 Å². The molecule has 1 aromatic heterocycles. The summed E-state index contributed by atoms with van der Waals surface area (Å²) in [7, 11) is 0. The first-order valence-corrected chi connectivity index (χ1v) is 7.04. The van der Waals surface area contributed by atoms with Crippen molar-refractivity contribution < 1.29 is 4.74 Å². The lowest BCUT2D eigenvalue weighted by molar-refractivity contribution is 0.344. The molecule has 0 amide bonds. The molecule has 0 saturated carbocycles. The summed E-state index contributed by atoms with van der Waals surface area (Å²) in [4.78, 5) is 0. The minimum Gasteiger partial charge on any atom is -0.493 e. The molecule has 0 unspecified atom stereocenters. The number of hydrogen-bond acceptors (Lipinski definition) is 5. The van der Waals surface area contributed by atoms with Gasteiger partial charge in [0.2, 0.25) is 5.16 Å². The number of benzene rings is 1. The van der Waals surface area contributed by atoms with Crippen LogP contribution < -0.4 is 4.74 Å². The summed E-state index contributed by atoms with van der Waals surface area (Å²) in [6.07, 6.45) is 1.75. The minimum absolute atomic E-state index is 0.561. The van der Waals surface area contributed by atoms with Crippen LogP contribution in [0.1, 0.15) is 0 Å². The van der Waals surface area contributed by atoms with Crippen LogP contribution in [0, 0.1) is 0 Å². The fourth-order valence-corrected chi connectivity index (χ4v) is 2.27. The molecule has 100 valence electrons. The van der Waals surface area contributed by atoms with E-state index in [1.54, 1.807) is 16.8 Å². The van der Waals surface area contributed by atoms with Crippen molar-refractivity contribution in [2.75, 3.05) is 12.4 Å². The van der Waals surface area contributed by atoms with E-state index in [4.69, 9.17) is 16.3 Å². The number of nitrogens with zero attached hydrogens (tertiary/aromatic N) is 4. The summed E-state index contributed by atoms with van der Waals surface area (Å²) in [5.74, 6) is 1.52. The van der Waals surface area contributed by atoms with Gasteiger partial charge in [-0.1, -0.05) is 35.5 Å². The van der Waals surface area contributed by atoms with E-state index in [2.05, 4.69) is 22.1 Å². The normalized spacial score (nSPS) is 10.4. The highest BCUT2D eigenvalue weighted by atomic mass is 35.5. The van der Waals surface area contributed by atoms with Gasteiger partial charge in [-0.15, -0.1) is 11.7 Å². The Bertz CT molecular complexity index is 546. The van der Waals surface area contributed by atoms with Gasteiger partial charge in [0.05, 0.1) is 13.2 Å². The van der Waals surface area contributed by atoms with Crippen LogP contribution in [0.15, 0.2) is 42.1 Å². The molecule has 0 spiro atoms. The van der Waals surface area contributed by atoms with E-state index in [0.717, 1.165) is 16.7 Å². The molecule has 0 N–H and O–H groups in total. The lowest BCUT2D eigenvalue weighted by atomic mass is 10.3. The number of thioether (sulfide) groups is 1. The first-order chi connectivity index (χ1) is 9.29. The highest BCUT2D eigenvalue weighted by Gasteiger charge is 2.05. The fraction of sp³-hybridized carbons (Fsp3) is 0.250. The standard InChI is InChI=1S/C12H13ClN4OS/c1-2-6-17-12(14-15-16-17)19-8-7-18-11-5-3-4-10(13)9-11/h2-5,9H,1,6-8H2. The molecule has 0 aliphatic rings. The average molecular weight is 297 g/mol. The predicted molar refractivity (Wildman–Crippen MR) is 75.7 cm³/mol. The van der Waals surface area contributed by atoms with Crippen LogP contribution >= 0.6 is 23.4 Å². The number of ether oxygens (including phenoxy) is 1. The van der Waals surface area contributed by atoms with E-state index in [1.165, 1.54) is 11.8 Å². The van der Waals surface area contributed by atoms with Gasteiger partial charge >= 0.3 is 0 Å². The van der Waals surface area contributed by atoms with Crippen molar-refractivity contribution in [1.82, 2.24) is 20.2 Å². The van der Waals surface area contributed by atoms with Crippen LogP contribution in [0.3, 0.4) is 0 Å². The van der Waals surface area contributed by atoms with Gasteiger partial charge < -0.3 is 4.74 Å². The first kappa shape index (κ1) is 13.9. The zero-order chi connectivity index (χ0) is 13.5. The van der Waals surface area contributed by atoms with Gasteiger partial charge in [0.15, 0.2) is 0 Å². The Kier molecular flexibility index (Phi) is 5.23. The summed E-state index contributed by atoms with van der Waals surface area (Å²) < 4.78 is 7.27. The number of rotatable bonds is 7. The van der Waals surface area contributed by atoms with Gasteiger partial charge in [-0.3, -0.25) is 0 Å². The molecule has 0 saturated heterocycles. The summed E-state index contributed by atoms with van der Waals surface area (Å²) in [6, 6.07) is 7.33. The third-order valence-corrected chi connectivity index (χ3v) is 3.34. The number of tetrazole rings is 1. The molecule has 1 aromatic carbocycles. The lowest BCUT2D eigenvalue weighted by Gasteiger charge is -2.05. The van der Waals surface area contributed by atoms with Crippen molar-refractivity contribution in [3.8, 4) is 5.75 Å². The van der Waals surface area contributed by atoms with Crippen molar-refractivity contribution in [1.29, 1.82) is 0 Å². The zero-order valence-electron chi connectivity index (χ0n) is 10.2. The summed E-state index contributed by atoms with van der Waals surface area (Å²) in [5.41, 5.74) is 0. The Hall–Kier alpha value is -1.53. The van der Waals surface area contributed by atoms with E-state index in [1.807, 2.05) is 18.2 Å². The monoisotopic (exact) mass is 296 g/mol. The Labute approximate surface area is 120 Å². The molecule has 2 rings (SSSR count). The second-order valence-electron chi connectivity index (χ2n) is 3.59. The van der Waals surface area contributed by atoms with Crippen molar-refractivity contribution in [2.24, 2.45) is 0 Å². The molecule has 0 aliphatic heterocycles. The number of allylic oxidation sites excluding steroid dienone is 1. The largest absolute Gasteiger partial charge is 0.493 e. The van der Waals surface area contributed by atoms with Gasteiger partial charge in [0, 0.05) is 10.8 Å². The number of halogens is 1. The van der Waals surface area contributed by atoms with Crippen LogP contribution in [0.25, 0.3) is 0 Å². The first-order valence-electron chi connectivity index (χ1n) is 5.68. The van der Waals surface area contributed by atoms with Gasteiger partial charge in [-0.05, 0) is 28.6 Å². The lowest BCUT2D eigenvalue weighted by Crippen LogP contribution is -2.03. The molecule has 0 fully saturated rings. The third kappa shape index (κ3) is 4.25. The highest BCUT2D eigenvalue weighted by molar-refractivity contribution is 7.99. The van der Waals surface area contributed by atoms with Gasteiger partial charge in [-0.2, -0.15) is 0 Å². The van der Waals surface area contributed by atoms with Gasteiger partial charge in [0.1, 0.15) is 5.75 Å². The van der Waals surface area contributed by atoms with Crippen molar-refractivity contribution in [3.63, 3.8) is 0 Å². The van der Waals surface area contributed by atoms with Crippen molar-refractivity contribution in [3.05, 3.63) is 41.9 Å². The van der Waals surface area contributed by atoms with Gasteiger partial charge in [0.25, 0.3) is 0 Å². The quantitative estimate of drug-likeness (QED) is 0.447. The highest BCUT2D eigenvalue weighted by Crippen LogP contribution is 2.18. The van der Waals surface area contributed by atoms with Gasteiger partial charge in [-0.25, -0.2) is 4.68 Å². The molecule has 0 atom stereocenters. The fourth-order valence-electron chi connectivity index (χ4n) is 1.39. The molecule has 2 aromatic rings. The second kappa shape index (κ2) is 7.16. The van der Waals surface area contributed by atoms with E-state index < -0.39 is 0 Å². The molecule has 1 heterocycles. The minimum atomic E-state index is 0.561. The zero-order valence-corrected chi connectivity index (χ0v) is 11.8. The molecule has 0 aliphatic carbocycles. The summed E-state index contributed by atoms with van der Waals surface area (Å²) in [6.45, 7) is 4.82. The van der Waals surface area contributed by atoms with E-state index in [-0.39, 0.29) is 0 Å². The Morgan fingerprint density at radius 3 is 3.16 bits per heavy atom. The van der Waals surface area contributed by atoms with E-state index in [9.17, 15) is 0 Å². The van der Waals surface area contributed by atoms with Crippen molar-refractivity contribution >= 4 is 23.4 Å².